The molecule has 0 rings (SSSR count). The van der Waals surface area contributed by atoms with E-state index in [4.69, 9.17) is 42.6 Å². The average molecular weight is 763 g/mol. The van der Waals surface area contributed by atoms with Gasteiger partial charge >= 0.3 is 5.97 Å². The lowest BCUT2D eigenvalue weighted by Crippen LogP contribution is -2.15. The number of carbonyl (C=O) groups excluding carboxylic acids is 1. The summed E-state index contributed by atoms with van der Waals surface area (Å²) in [7, 11) is 0. The predicted octanol–water partition coefficient (Wildman–Crippen LogP) is 6.58. The van der Waals surface area contributed by atoms with Crippen LogP contribution in [-0.2, 0) is 47.4 Å². The van der Waals surface area contributed by atoms with E-state index in [1.54, 1.807) is 0 Å². The van der Waals surface area contributed by atoms with Gasteiger partial charge in [-0.15, -0.1) is 0 Å². The molecule has 0 saturated carbocycles. The third kappa shape index (κ3) is 41.9. The molecule has 0 unspecified atom stereocenters. The molecule has 0 amide bonds. The zero-order valence-corrected chi connectivity index (χ0v) is 30.7. The van der Waals surface area contributed by atoms with Crippen molar-refractivity contribution in [2.75, 3.05) is 117 Å². The van der Waals surface area contributed by atoms with E-state index < -0.39 is 0 Å². The van der Waals surface area contributed by atoms with E-state index in [-0.39, 0.29) is 5.97 Å². The summed E-state index contributed by atoms with van der Waals surface area (Å²) >= 11 is 2.28. The lowest BCUT2D eigenvalue weighted by Gasteiger charge is -2.09. The van der Waals surface area contributed by atoms with Crippen LogP contribution in [0.1, 0.15) is 96.8 Å². The maximum Gasteiger partial charge on any atom is 0.305 e. The van der Waals surface area contributed by atoms with Crippen molar-refractivity contribution in [2.24, 2.45) is 0 Å². The highest BCUT2D eigenvalue weighted by atomic mass is 127. The van der Waals surface area contributed by atoms with E-state index in [0.29, 0.717) is 112 Å². The number of halogens is 1. The molecule has 10 nitrogen and oxygen atoms in total. The Balaban J connectivity index is 3.12. The van der Waals surface area contributed by atoms with Gasteiger partial charge in [-0.05, 0) is 6.42 Å². The van der Waals surface area contributed by atoms with Crippen molar-refractivity contribution < 1.29 is 47.4 Å². The van der Waals surface area contributed by atoms with Gasteiger partial charge in [0, 0.05) is 10.8 Å². The molecular weight excluding hydrogens is 695 g/mol. The fourth-order valence-corrected chi connectivity index (χ4v) is 4.58. The summed E-state index contributed by atoms with van der Waals surface area (Å²) in [6.07, 6.45) is 17.4. The molecular formula is C34H67IO10. The van der Waals surface area contributed by atoms with Crippen LogP contribution in [0, 0.1) is 0 Å². The Labute approximate surface area is 288 Å². The third-order valence-electron chi connectivity index (χ3n) is 6.80. The van der Waals surface area contributed by atoms with Crippen LogP contribution in [0.3, 0.4) is 0 Å². The fourth-order valence-electron chi connectivity index (χ4n) is 4.27. The first kappa shape index (κ1) is 44.9. The Morgan fingerprint density at radius 1 is 0.378 bits per heavy atom. The summed E-state index contributed by atoms with van der Waals surface area (Å²) in [5.74, 6) is -0.127. The van der Waals surface area contributed by atoms with Crippen LogP contribution in [0.25, 0.3) is 0 Å². The van der Waals surface area contributed by atoms with Crippen LogP contribution in [0.4, 0.5) is 0 Å². The quantitative estimate of drug-likeness (QED) is 0.0295. The number of unbranched alkanes of at least 4 members (excludes halogenated alkanes) is 12. The molecule has 0 aliphatic heterocycles. The molecule has 11 heteroatoms. The Kier molecular flexibility index (Phi) is 41.8. The summed E-state index contributed by atoms with van der Waals surface area (Å²) < 4.78 is 49.8. The summed E-state index contributed by atoms with van der Waals surface area (Å²) in [5.41, 5.74) is 0. The standard InChI is InChI=1S/C34H67IO10/c1-2-3-4-5-6-7-8-9-10-11-12-13-14-15-34(36)45-33-32-44-31-30-43-29-28-42-27-26-41-25-24-40-23-22-39-21-20-38-19-18-37-17-16-35/h2-33H2,1H3. The van der Waals surface area contributed by atoms with Crippen LogP contribution in [0.15, 0.2) is 0 Å². The molecule has 45 heavy (non-hydrogen) atoms. The lowest BCUT2D eigenvalue weighted by atomic mass is 10.0. The second kappa shape index (κ2) is 41.9. The first-order valence-electron chi connectivity index (χ1n) is 17.6. The molecule has 0 aromatic carbocycles. The van der Waals surface area contributed by atoms with Crippen molar-refractivity contribution in [3.05, 3.63) is 0 Å². The van der Waals surface area contributed by atoms with Crippen molar-refractivity contribution in [1.29, 1.82) is 0 Å². The van der Waals surface area contributed by atoms with Crippen LogP contribution in [0.5, 0.6) is 0 Å². The minimum absolute atomic E-state index is 0.127. The number of alkyl halides is 1. The Morgan fingerprint density at radius 3 is 0.956 bits per heavy atom. The number of ether oxygens (including phenoxy) is 9. The molecule has 0 aliphatic rings. The van der Waals surface area contributed by atoms with Gasteiger partial charge in [-0.2, -0.15) is 0 Å². The monoisotopic (exact) mass is 762 g/mol. The number of hydrogen-bond donors (Lipinski definition) is 0. The van der Waals surface area contributed by atoms with Crippen molar-refractivity contribution in [3.63, 3.8) is 0 Å². The van der Waals surface area contributed by atoms with Crippen molar-refractivity contribution in [2.45, 2.75) is 96.8 Å². The summed E-state index contributed by atoms with van der Waals surface area (Å²) in [6.45, 7) is 11.1. The molecule has 0 radical (unpaired) electrons. The van der Waals surface area contributed by atoms with Crippen molar-refractivity contribution in [1.82, 2.24) is 0 Å². The lowest BCUT2D eigenvalue weighted by molar-refractivity contribution is -0.145. The van der Waals surface area contributed by atoms with E-state index in [2.05, 4.69) is 29.5 Å². The van der Waals surface area contributed by atoms with Gasteiger partial charge in [0.15, 0.2) is 0 Å². The fraction of sp³-hybridized carbons (Fsp3) is 0.971. The van der Waals surface area contributed by atoms with Gasteiger partial charge in [0.05, 0.1) is 106 Å². The van der Waals surface area contributed by atoms with Gasteiger partial charge in [-0.1, -0.05) is 107 Å². The molecule has 270 valence electrons. The summed E-state index contributed by atoms with van der Waals surface area (Å²) in [6, 6.07) is 0. The van der Waals surface area contributed by atoms with E-state index in [1.165, 1.54) is 70.6 Å². The molecule has 0 atom stereocenters. The molecule has 0 aliphatic carbocycles. The Bertz CT molecular complexity index is 559. The van der Waals surface area contributed by atoms with Crippen molar-refractivity contribution >= 4 is 28.6 Å². The molecule has 0 aromatic heterocycles. The Morgan fingerprint density at radius 2 is 0.644 bits per heavy atom. The largest absolute Gasteiger partial charge is 0.463 e. The summed E-state index contributed by atoms with van der Waals surface area (Å²) in [4.78, 5) is 11.8. The smallest absolute Gasteiger partial charge is 0.305 e. The van der Waals surface area contributed by atoms with E-state index in [0.717, 1.165) is 23.9 Å². The molecule has 0 fully saturated rings. The highest BCUT2D eigenvalue weighted by molar-refractivity contribution is 14.1. The van der Waals surface area contributed by atoms with Crippen LogP contribution < -0.4 is 0 Å². The molecule has 0 N–H and O–H groups in total. The SMILES string of the molecule is CCCCCCCCCCCCCCCC(=O)OCCOCCOCCOCCOCCOCCOCCOCCOCCI. The molecule has 0 aromatic rings. The van der Waals surface area contributed by atoms with Gasteiger partial charge < -0.3 is 42.6 Å². The van der Waals surface area contributed by atoms with E-state index in [1.807, 2.05) is 0 Å². The van der Waals surface area contributed by atoms with Gasteiger partial charge in [0.2, 0.25) is 0 Å². The predicted molar refractivity (Wildman–Crippen MR) is 187 cm³/mol. The van der Waals surface area contributed by atoms with Crippen LogP contribution >= 0.6 is 22.6 Å². The minimum atomic E-state index is -0.127. The van der Waals surface area contributed by atoms with Gasteiger partial charge in [0.1, 0.15) is 6.61 Å². The second-order valence-electron chi connectivity index (χ2n) is 10.8. The molecule has 0 heterocycles. The average Bonchev–Trinajstić information content (AvgIpc) is 3.05. The van der Waals surface area contributed by atoms with Gasteiger partial charge in [-0.25, -0.2) is 0 Å². The van der Waals surface area contributed by atoms with Gasteiger partial charge in [0.25, 0.3) is 0 Å². The number of hydrogen-bond acceptors (Lipinski definition) is 10. The highest BCUT2D eigenvalue weighted by Crippen LogP contribution is 2.13. The molecule has 0 spiro atoms. The normalized spacial score (nSPS) is 11.4. The molecule has 0 saturated heterocycles. The number of rotatable bonds is 40. The van der Waals surface area contributed by atoms with Crippen LogP contribution in [-0.4, -0.2) is 123 Å². The Hall–Kier alpha value is -0.120. The minimum Gasteiger partial charge on any atom is -0.463 e. The maximum absolute atomic E-state index is 11.8. The highest BCUT2D eigenvalue weighted by Gasteiger charge is 2.03. The second-order valence-corrected chi connectivity index (χ2v) is 11.9. The molecule has 0 bridgehead atoms. The third-order valence-corrected chi connectivity index (χ3v) is 7.24. The van der Waals surface area contributed by atoms with Crippen molar-refractivity contribution in [3.8, 4) is 0 Å². The first-order valence-corrected chi connectivity index (χ1v) is 19.2. The van der Waals surface area contributed by atoms with Gasteiger partial charge in [-0.3, -0.25) is 4.79 Å². The topological polar surface area (TPSA) is 100 Å². The van der Waals surface area contributed by atoms with Crippen LogP contribution in [0.2, 0.25) is 0 Å². The zero-order valence-electron chi connectivity index (χ0n) is 28.6. The number of esters is 1. The zero-order chi connectivity index (χ0) is 32.6. The van der Waals surface area contributed by atoms with E-state index in [9.17, 15) is 4.79 Å². The number of carbonyl (C=O) groups is 1. The van der Waals surface area contributed by atoms with E-state index >= 15 is 0 Å². The first-order chi connectivity index (χ1) is 22.3. The maximum atomic E-state index is 11.8. The summed E-state index contributed by atoms with van der Waals surface area (Å²) in [5, 5.41) is 0.